The molecule has 5 saturated heterocycles. The lowest BCUT2D eigenvalue weighted by molar-refractivity contribution is -0.163. The van der Waals surface area contributed by atoms with Gasteiger partial charge in [0.1, 0.15) is 0 Å². The predicted molar refractivity (Wildman–Crippen MR) is 74.0 cm³/mol. The van der Waals surface area contributed by atoms with E-state index in [0.29, 0.717) is 0 Å². The highest BCUT2D eigenvalue weighted by molar-refractivity contribution is 5.88. The first-order valence-electron chi connectivity index (χ1n) is 7.81. The molecule has 5 heteroatoms. The Morgan fingerprint density at radius 1 is 1.35 bits per heavy atom. The third-order valence-electron chi connectivity index (χ3n) is 5.25. The molecular weight excluding hydrogens is 256 g/mol. The Morgan fingerprint density at radius 2 is 2.15 bits per heavy atom. The van der Waals surface area contributed by atoms with Crippen LogP contribution in [0.5, 0.6) is 0 Å². The van der Waals surface area contributed by atoms with Crippen molar-refractivity contribution in [1.82, 2.24) is 10.2 Å². The second-order valence-corrected chi connectivity index (χ2v) is 6.29. The molecule has 5 heterocycles. The second-order valence-electron chi connectivity index (χ2n) is 6.29. The van der Waals surface area contributed by atoms with Gasteiger partial charge in [0.25, 0.3) is 0 Å². The molecule has 0 unspecified atom stereocenters. The summed E-state index contributed by atoms with van der Waals surface area (Å²) >= 11 is 0. The van der Waals surface area contributed by atoms with Crippen LogP contribution in [0, 0.1) is 11.8 Å². The monoisotopic (exact) mass is 280 g/mol. The quantitative estimate of drug-likeness (QED) is 0.833. The van der Waals surface area contributed by atoms with Crippen LogP contribution in [0.15, 0.2) is 0 Å². The van der Waals surface area contributed by atoms with Crippen molar-refractivity contribution in [2.75, 3.05) is 13.7 Å². The number of unbranched alkanes of at least 4 members (excludes halogenated alkanes) is 1. The van der Waals surface area contributed by atoms with Crippen molar-refractivity contribution in [3.05, 3.63) is 0 Å². The zero-order chi connectivity index (χ0) is 14.3. The van der Waals surface area contributed by atoms with Crippen molar-refractivity contribution in [1.29, 1.82) is 0 Å². The summed E-state index contributed by atoms with van der Waals surface area (Å²) in [5.41, 5.74) is 0. The Morgan fingerprint density at radius 3 is 2.85 bits per heavy atom. The summed E-state index contributed by atoms with van der Waals surface area (Å²) in [7, 11) is 1.68. The van der Waals surface area contributed by atoms with Gasteiger partial charge < -0.3 is 15.0 Å². The fraction of sp³-hybridized carbons (Fsp3) is 0.867. The minimum Gasteiger partial charge on any atom is -0.380 e. The Balaban J connectivity index is 1.93. The molecular formula is C15H24N2O3. The van der Waals surface area contributed by atoms with Gasteiger partial charge in [-0.15, -0.1) is 0 Å². The van der Waals surface area contributed by atoms with Gasteiger partial charge in [-0.3, -0.25) is 9.59 Å². The van der Waals surface area contributed by atoms with E-state index in [1.54, 1.807) is 7.11 Å². The third-order valence-corrected chi connectivity index (χ3v) is 5.25. The van der Waals surface area contributed by atoms with Gasteiger partial charge in [0.2, 0.25) is 11.8 Å². The van der Waals surface area contributed by atoms with E-state index >= 15 is 0 Å². The molecule has 20 heavy (non-hydrogen) atoms. The van der Waals surface area contributed by atoms with Crippen molar-refractivity contribution >= 4 is 11.8 Å². The van der Waals surface area contributed by atoms with E-state index in [9.17, 15) is 9.59 Å². The van der Waals surface area contributed by atoms with Gasteiger partial charge in [-0.05, 0) is 25.7 Å². The number of hydrogen-bond donors (Lipinski definition) is 1. The molecule has 0 aromatic heterocycles. The molecule has 0 radical (unpaired) electrons. The Bertz CT molecular complexity index is 412. The number of piperidine rings is 2. The molecule has 5 aliphatic heterocycles. The van der Waals surface area contributed by atoms with E-state index in [1.807, 2.05) is 4.90 Å². The number of carbonyl (C=O) groups excluding carboxylic acids is 2. The van der Waals surface area contributed by atoms with Crippen LogP contribution in [0.1, 0.15) is 39.0 Å². The summed E-state index contributed by atoms with van der Waals surface area (Å²) in [6.07, 6.45) is 4.65. The van der Waals surface area contributed by atoms with Gasteiger partial charge in [-0.1, -0.05) is 13.3 Å². The van der Waals surface area contributed by atoms with E-state index in [-0.39, 0.29) is 41.8 Å². The summed E-state index contributed by atoms with van der Waals surface area (Å²) in [5.74, 6) is 0.0836. The highest BCUT2D eigenvalue weighted by Gasteiger charge is 2.54. The summed E-state index contributed by atoms with van der Waals surface area (Å²) in [4.78, 5) is 27.1. The molecule has 2 amide bonds. The molecule has 0 spiro atoms. The van der Waals surface area contributed by atoms with Crippen molar-refractivity contribution < 1.29 is 14.3 Å². The van der Waals surface area contributed by atoms with E-state index in [4.69, 9.17) is 4.74 Å². The number of carbonyl (C=O) groups is 2. The standard InChI is InChI=1S/C15H24N2O3/c1-3-4-7-17-11-6-5-9(15(17)19)10-8-12(20-2)13(11)14(18)16-10/h9-13H,3-8H2,1-2H3,(H,16,18)/t9-,10-,11+,12+,13-/m0/s1. The molecule has 5 nitrogen and oxygen atoms in total. The maximum atomic E-state index is 12.7. The zero-order valence-corrected chi connectivity index (χ0v) is 12.3. The number of hydrogen-bond acceptors (Lipinski definition) is 3. The molecule has 4 bridgehead atoms. The van der Waals surface area contributed by atoms with Crippen LogP contribution < -0.4 is 5.32 Å². The molecule has 6 fully saturated rings. The number of amides is 2. The van der Waals surface area contributed by atoms with E-state index in [2.05, 4.69) is 12.2 Å². The SMILES string of the molecule is CCCCN1C(=O)[C@H]2CC[C@@H]1[C@@H]1C(=O)N[C@H]2C[C@H]1OC. The Labute approximate surface area is 120 Å². The van der Waals surface area contributed by atoms with Crippen molar-refractivity contribution in [3.63, 3.8) is 0 Å². The highest BCUT2D eigenvalue weighted by atomic mass is 16.5. The van der Waals surface area contributed by atoms with Crippen LogP contribution in [0.3, 0.4) is 0 Å². The van der Waals surface area contributed by atoms with Crippen molar-refractivity contribution in [2.24, 2.45) is 11.8 Å². The topological polar surface area (TPSA) is 58.6 Å². The first-order valence-corrected chi connectivity index (χ1v) is 7.81. The van der Waals surface area contributed by atoms with Crippen LogP contribution in [0.25, 0.3) is 0 Å². The lowest BCUT2D eigenvalue weighted by Gasteiger charge is -2.52. The lowest BCUT2D eigenvalue weighted by atomic mass is 9.70. The lowest BCUT2D eigenvalue weighted by Crippen LogP contribution is -2.68. The first kappa shape index (κ1) is 13.9. The Kier molecular flexibility index (Phi) is 3.71. The summed E-state index contributed by atoms with van der Waals surface area (Å²) in [6, 6.07) is -0.0157. The molecule has 0 aromatic carbocycles. The maximum Gasteiger partial charge on any atom is 0.228 e. The average Bonchev–Trinajstić information content (AvgIpc) is 2.42. The first-order chi connectivity index (χ1) is 9.67. The molecule has 0 aromatic rings. The maximum absolute atomic E-state index is 12.7. The molecule has 5 atom stereocenters. The van der Waals surface area contributed by atoms with Crippen LogP contribution in [-0.4, -0.2) is 48.6 Å². The molecule has 6 aliphatic rings. The van der Waals surface area contributed by atoms with Gasteiger partial charge in [-0.25, -0.2) is 0 Å². The molecule has 112 valence electrons. The average molecular weight is 280 g/mol. The van der Waals surface area contributed by atoms with E-state index in [0.717, 1.165) is 38.6 Å². The fourth-order valence-corrected chi connectivity index (χ4v) is 4.19. The van der Waals surface area contributed by atoms with E-state index < -0.39 is 0 Å². The number of nitrogens with zero attached hydrogens (tertiary/aromatic N) is 1. The Hall–Kier alpha value is -1.10. The fourth-order valence-electron chi connectivity index (χ4n) is 4.19. The largest absolute Gasteiger partial charge is 0.380 e. The van der Waals surface area contributed by atoms with Crippen molar-refractivity contribution in [3.8, 4) is 0 Å². The predicted octanol–water partition coefficient (Wildman–Crippen LogP) is 0.927. The third kappa shape index (κ3) is 2.03. The van der Waals surface area contributed by atoms with Crippen LogP contribution in [0.4, 0.5) is 0 Å². The normalized spacial score (nSPS) is 39.7. The number of nitrogens with one attached hydrogen (secondary N) is 1. The second kappa shape index (κ2) is 5.35. The minimum atomic E-state index is -0.196. The number of rotatable bonds is 4. The minimum absolute atomic E-state index is 0.0245. The highest BCUT2D eigenvalue weighted by Crippen LogP contribution is 2.40. The molecule has 1 N–H and O–H groups in total. The molecule has 6 rings (SSSR count). The summed E-state index contributed by atoms with van der Waals surface area (Å²) in [5, 5.41) is 3.05. The van der Waals surface area contributed by atoms with Crippen molar-refractivity contribution in [2.45, 2.75) is 57.2 Å². The van der Waals surface area contributed by atoms with Gasteiger partial charge in [0, 0.05) is 25.7 Å². The van der Waals surface area contributed by atoms with Gasteiger partial charge in [0.15, 0.2) is 0 Å². The van der Waals surface area contributed by atoms with Crippen LogP contribution >= 0.6 is 0 Å². The molecule has 1 aliphatic carbocycles. The van der Waals surface area contributed by atoms with Gasteiger partial charge >= 0.3 is 0 Å². The van der Waals surface area contributed by atoms with Crippen LogP contribution in [0.2, 0.25) is 0 Å². The molecule has 1 saturated carbocycles. The summed E-state index contributed by atoms with van der Waals surface area (Å²) in [6.45, 7) is 2.91. The number of methoxy groups -OCH3 is 1. The smallest absolute Gasteiger partial charge is 0.228 e. The van der Waals surface area contributed by atoms with Gasteiger partial charge in [-0.2, -0.15) is 0 Å². The van der Waals surface area contributed by atoms with Gasteiger partial charge in [0.05, 0.1) is 17.9 Å². The number of ether oxygens (including phenoxy) is 1. The van der Waals surface area contributed by atoms with E-state index in [1.165, 1.54) is 0 Å². The summed E-state index contributed by atoms with van der Waals surface area (Å²) < 4.78 is 5.57. The zero-order valence-electron chi connectivity index (χ0n) is 12.3. The van der Waals surface area contributed by atoms with Crippen LogP contribution in [-0.2, 0) is 14.3 Å².